The minimum atomic E-state index is -4.40. The number of rotatable bonds is 8. The van der Waals surface area contributed by atoms with Crippen LogP contribution in [0.2, 0.25) is 0 Å². The molecule has 2 aromatic carbocycles. The highest BCUT2D eigenvalue weighted by molar-refractivity contribution is 6.41. The van der Waals surface area contributed by atoms with Gasteiger partial charge in [0, 0.05) is 0 Å². The summed E-state index contributed by atoms with van der Waals surface area (Å²) in [5, 5.41) is 20.6. The van der Waals surface area contributed by atoms with Gasteiger partial charge in [-0.3, -0.25) is 15.6 Å². The van der Waals surface area contributed by atoms with Crippen LogP contribution in [-0.4, -0.2) is 29.1 Å². The molecule has 0 unspecified atom stereocenters. The second-order valence-corrected chi connectivity index (χ2v) is 5.87. The van der Waals surface area contributed by atoms with Crippen LogP contribution < -0.4 is 10.2 Å². The topological polar surface area (TPSA) is 94.8 Å². The number of hydrazone groups is 1. The lowest BCUT2D eigenvalue weighted by atomic mass is 10.1. The zero-order valence-electron chi connectivity index (χ0n) is 14.9. The Kier molecular flexibility index (Phi) is 6.75. The quantitative estimate of drug-likeness (QED) is 0.462. The Morgan fingerprint density at radius 1 is 1.14 bits per heavy atom. The van der Waals surface area contributed by atoms with Gasteiger partial charge in [0.2, 0.25) is 0 Å². The minimum absolute atomic E-state index is 0.0672. The first-order chi connectivity index (χ1) is 13.1. The molecule has 148 valence electrons. The third-order valence-corrected chi connectivity index (χ3v) is 3.66. The predicted octanol–water partition coefficient (Wildman–Crippen LogP) is 4.22. The van der Waals surface area contributed by atoms with Gasteiger partial charge in [-0.2, -0.15) is 18.3 Å². The van der Waals surface area contributed by atoms with Crippen molar-refractivity contribution in [1.82, 2.24) is 0 Å². The minimum Gasteiger partial charge on any atom is -0.487 e. The van der Waals surface area contributed by atoms with E-state index in [0.717, 1.165) is 12.1 Å². The Labute approximate surface area is 159 Å². The van der Waals surface area contributed by atoms with Gasteiger partial charge in [-0.25, -0.2) is 0 Å². The lowest BCUT2D eigenvalue weighted by molar-refractivity contribution is -0.138. The summed E-state index contributed by atoms with van der Waals surface area (Å²) in [6.45, 7) is 1.50. The van der Waals surface area contributed by atoms with Crippen molar-refractivity contribution in [3.8, 4) is 5.75 Å². The van der Waals surface area contributed by atoms with Gasteiger partial charge >= 0.3 is 12.1 Å². The highest BCUT2D eigenvalue weighted by atomic mass is 19.4. The van der Waals surface area contributed by atoms with Crippen LogP contribution in [0.1, 0.15) is 18.1 Å². The normalized spacial score (nSPS) is 11.8. The molecular weight excluding hydrogens is 375 g/mol. The van der Waals surface area contributed by atoms with Crippen molar-refractivity contribution in [2.75, 3.05) is 12.0 Å². The third kappa shape index (κ3) is 6.42. The predicted molar refractivity (Wildman–Crippen MR) is 99.2 cm³/mol. The summed E-state index contributed by atoms with van der Waals surface area (Å²) in [6, 6.07) is 10.8. The van der Waals surface area contributed by atoms with Gasteiger partial charge in [-0.15, -0.1) is 0 Å². The van der Waals surface area contributed by atoms with Crippen LogP contribution in [0, 0.1) is 5.41 Å². The largest absolute Gasteiger partial charge is 0.487 e. The summed E-state index contributed by atoms with van der Waals surface area (Å²) in [5.41, 5.74) is 3.22. The number of ether oxygens (including phenoxy) is 1. The number of nitrogens with one attached hydrogen (secondary N) is 2. The average molecular weight is 393 g/mol. The molecule has 0 aliphatic rings. The Bertz CT molecular complexity index is 861. The summed E-state index contributed by atoms with van der Waals surface area (Å²) in [5.74, 6) is -0.454. The zero-order chi connectivity index (χ0) is 20.7. The first-order valence-electron chi connectivity index (χ1n) is 8.14. The highest BCUT2D eigenvalue weighted by Crippen LogP contribution is 2.29. The number of alkyl halides is 3. The van der Waals surface area contributed by atoms with E-state index in [1.54, 1.807) is 31.2 Å². The molecule has 0 spiro atoms. The smallest absolute Gasteiger partial charge is 0.416 e. The molecule has 0 atom stereocenters. The molecule has 0 radical (unpaired) electrons. The van der Waals surface area contributed by atoms with Crippen molar-refractivity contribution in [1.29, 1.82) is 5.41 Å². The van der Waals surface area contributed by atoms with Gasteiger partial charge in [-0.1, -0.05) is 12.1 Å². The maximum absolute atomic E-state index is 12.5. The van der Waals surface area contributed by atoms with Gasteiger partial charge in [0.15, 0.2) is 0 Å². The number of anilines is 1. The molecule has 6 nitrogen and oxygen atoms in total. The number of benzene rings is 2. The Balaban J connectivity index is 1.87. The molecule has 0 amide bonds. The molecule has 2 aromatic rings. The zero-order valence-corrected chi connectivity index (χ0v) is 14.9. The van der Waals surface area contributed by atoms with Crippen molar-refractivity contribution in [2.24, 2.45) is 5.10 Å². The summed E-state index contributed by atoms with van der Waals surface area (Å²) >= 11 is 0. The van der Waals surface area contributed by atoms with E-state index in [9.17, 15) is 18.0 Å². The van der Waals surface area contributed by atoms with Gasteiger partial charge in [0.25, 0.3) is 0 Å². The molecule has 0 aliphatic heterocycles. The second-order valence-electron chi connectivity index (χ2n) is 5.87. The molecule has 0 bridgehead atoms. The van der Waals surface area contributed by atoms with E-state index in [4.69, 9.17) is 15.3 Å². The number of hydrogen-bond acceptors (Lipinski definition) is 5. The number of hydrogen-bond donors (Lipinski definition) is 3. The molecule has 9 heteroatoms. The fourth-order valence-corrected chi connectivity index (χ4v) is 2.09. The van der Waals surface area contributed by atoms with Crippen molar-refractivity contribution < 1.29 is 27.8 Å². The molecule has 2 rings (SSSR count). The number of nitrogens with zero attached hydrogens (tertiary/aromatic N) is 1. The molecule has 0 heterocycles. The van der Waals surface area contributed by atoms with Crippen molar-refractivity contribution in [3.05, 3.63) is 59.7 Å². The molecule has 0 saturated heterocycles. The van der Waals surface area contributed by atoms with Crippen LogP contribution in [0.3, 0.4) is 0 Å². The van der Waals surface area contributed by atoms with E-state index < -0.39 is 17.7 Å². The van der Waals surface area contributed by atoms with E-state index >= 15 is 0 Å². The number of halogens is 3. The Morgan fingerprint density at radius 2 is 1.75 bits per heavy atom. The first-order valence-corrected chi connectivity index (χ1v) is 8.14. The number of carbonyl (C=O) groups is 1. The van der Waals surface area contributed by atoms with Crippen molar-refractivity contribution in [2.45, 2.75) is 19.5 Å². The number of carboxylic acids is 1. The molecule has 0 aliphatic carbocycles. The lowest BCUT2D eigenvalue weighted by Gasteiger charge is -2.09. The summed E-state index contributed by atoms with van der Waals surface area (Å²) in [6.07, 6.45) is -4.49. The Hall–Kier alpha value is -3.36. The van der Waals surface area contributed by atoms with Gasteiger partial charge in [0.1, 0.15) is 12.4 Å². The van der Waals surface area contributed by atoms with Gasteiger partial charge in [0.05, 0.1) is 29.1 Å². The average Bonchev–Trinajstić information content (AvgIpc) is 2.64. The van der Waals surface area contributed by atoms with Crippen LogP contribution in [-0.2, 0) is 17.4 Å². The van der Waals surface area contributed by atoms with E-state index in [-0.39, 0.29) is 18.7 Å². The first kappa shape index (κ1) is 20.9. The van der Waals surface area contributed by atoms with Crippen LogP contribution in [0.25, 0.3) is 0 Å². The molecule has 0 saturated carbocycles. The van der Waals surface area contributed by atoms with Crippen LogP contribution in [0.4, 0.5) is 18.9 Å². The fraction of sp³-hybridized carbons (Fsp3) is 0.211. The van der Waals surface area contributed by atoms with Gasteiger partial charge < -0.3 is 9.84 Å². The molecule has 3 N–H and O–H groups in total. The summed E-state index contributed by atoms with van der Waals surface area (Å²) in [7, 11) is 0. The van der Waals surface area contributed by atoms with Crippen LogP contribution in [0.5, 0.6) is 5.75 Å². The molecule has 28 heavy (non-hydrogen) atoms. The molecule has 0 fully saturated rings. The van der Waals surface area contributed by atoms with E-state index in [2.05, 4.69) is 10.5 Å². The number of aliphatic carboxylic acids is 1. The third-order valence-electron chi connectivity index (χ3n) is 3.66. The fourth-order valence-electron chi connectivity index (χ4n) is 2.09. The highest BCUT2D eigenvalue weighted by Gasteiger charge is 2.29. The maximum atomic E-state index is 12.5. The molecular formula is C19H18F3N3O3. The van der Waals surface area contributed by atoms with Gasteiger partial charge in [-0.05, 0) is 48.9 Å². The number of carboxylic acid groups (broad SMARTS) is 1. The standard InChI is InChI=1S/C19H18F3N3O3/c1-12(24-25-15-6-4-14(5-7-15)19(20,21)22)17(23)11-28-16-8-2-13(3-9-16)10-18(26)27/h2-9,23,25H,10-11H2,1H3,(H,26,27)/b23-17?,24-12-. The van der Waals surface area contributed by atoms with E-state index in [1.165, 1.54) is 12.1 Å². The molecule has 0 aromatic heterocycles. The maximum Gasteiger partial charge on any atom is 0.416 e. The van der Waals surface area contributed by atoms with Crippen molar-refractivity contribution >= 4 is 23.1 Å². The van der Waals surface area contributed by atoms with Crippen LogP contribution in [0.15, 0.2) is 53.6 Å². The summed E-state index contributed by atoms with van der Waals surface area (Å²) < 4.78 is 43.0. The lowest BCUT2D eigenvalue weighted by Crippen LogP contribution is -2.19. The van der Waals surface area contributed by atoms with E-state index in [0.29, 0.717) is 22.7 Å². The van der Waals surface area contributed by atoms with Crippen LogP contribution >= 0.6 is 0 Å². The Morgan fingerprint density at radius 3 is 2.29 bits per heavy atom. The second kappa shape index (κ2) is 9.03. The summed E-state index contributed by atoms with van der Waals surface area (Å²) in [4.78, 5) is 10.6. The van der Waals surface area contributed by atoms with Crippen molar-refractivity contribution in [3.63, 3.8) is 0 Å². The van der Waals surface area contributed by atoms with E-state index in [1.807, 2.05) is 0 Å². The SMILES string of the molecule is C/C(=N/Nc1ccc(C(F)(F)F)cc1)C(=N)COc1ccc(CC(=O)O)cc1. The monoisotopic (exact) mass is 393 g/mol.